The van der Waals surface area contributed by atoms with Crippen LogP contribution in [0.1, 0.15) is 17.5 Å². The fourth-order valence-electron chi connectivity index (χ4n) is 2.29. The SMILES string of the molecule is CO/N=C(\CC(=O)NC(=N)Cc1cc(Cl)c(N)c(Cl)c1)c1ccc(F)cc1. The van der Waals surface area contributed by atoms with E-state index in [0.29, 0.717) is 16.8 Å². The van der Waals surface area contributed by atoms with E-state index in [4.69, 9.17) is 39.2 Å². The van der Waals surface area contributed by atoms with Gasteiger partial charge >= 0.3 is 0 Å². The number of amidine groups is 1. The lowest BCUT2D eigenvalue weighted by atomic mass is 10.1. The molecule has 0 fully saturated rings. The van der Waals surface area contributed by atoms with Gasteiger partial charge in [-0.15, -0.1) is 0 Å². The molecular weight excluding hydrogens is 394 g/mol. The van der Waals surface area contributed by atoms with Crippen molar-refractivity contribution in [2.45, 2.75) is 12.8 Å². The van der Waals surface area contributed by atoms with Gasteiger partial charge in [0.25, 0.3) is 0 Å². The van der Waals surface area contributed by atoms with Crippen LogP contribution in [0.2, 0.25) is 10.0 Å². The smallest absolute Gasteiger partial charge is 0.231 e. The highest BCUT2D eigenvalue weighted by molar-refractivity contribution is 6.39. The van der Waals surface area contributed by atoms with Crippen molar-refractivity contribution in [2.75, 3.05) is 12.8 Å². The molecule has 0 atom stereocenters. The molecule has 0 aromatic heterocycles. The summed E-state index contributed by atoms with van der Waals surface area (Å²) < 4.78 is 13.1. The number of amides is 1. The van der Waals surface area contributed by atoms with Crippen molar-refractivity contribution in [1.82, 2.24) is 5.32 Å². The number of oxime groups is 1. The summed E-state index contributed by atoms with van der Waals surface area (Å²) in [7, 11) is 1.35. The lowest BCUT2D eigenvalue weighted by Crippen LogP contribution is -2.32. The van der Waals surface area contributed by atoms with E-state index in [-0.39, 0.29) is 34.4 Å². The lowest BCUT2D eigenvalue weighted by Gasteiger charge is -2.10. The van der Waals surface area contributed by atoms with Gasteiger partial charge in [0.1, 0.15) is 18.8 Å². The number of anilines is 1. The third-order valence-electron chi connectivity index (χ3n) is 3.52. The van der Waals surface area contributed by atoms with Crippen LogP contribution < -0.4 is 11.1 Å². The summed E-state index contributed by atoms with van der Waals surface area (Å²) in [6, 6.07) is 8.66. The molecule has 6 nitrogen and oxygen atoms in total. The Bertz CT molecular complexity index is 862. The third kappa shape index (κ3) is 5.94. The molecule has 0 saturated heterocycles. The van der Waals surface area contributed by atoms with Gasteiger partial charge in [-0.1, -0.05) is 40.5 Å². The number of rotatable bonds is 6. The molecule has 9 heteroatoms. The van der Waals surface area contributed by atoms with Crippen molar-refractivity contribution < 1.29 is 14.0 Å². The van der Waals surface area contributed by atoms with Gasteiger partial charge in [0, 0.05) is 12.0 Å². The first kappa shape index (κ1) is 20.7. The van der Waals surface area contributed by atoms with Crippen molar-refractivity contribution in [2.24, 2.45) is 5.16 Å². The Morgan fingerprint density at radius 2 is 1.85 bits per heavy atom. The molecule has 1 amide bonds. The van der Waals surface area contributed by atoms with Crippen LogP contribution >= 0.6 is 23.2 Å². The average Bonchev–Trinajstić information content (AvgIpc) is 2.59. The summed E-state index contributed by atoms with van der Waals surface area (Å²) in [5, 5.41) is 14.8. The molecule has 2 rings (SSSR count). The Morgan fingerprint density at radius 3 is 2.41 bits per heavy atom. The zero-order valence-corrected chi connectivity index (χ0v) is 15.9. The van der Waals surface area contributed by atoms with Crippen LogP contribution in [-0.4, -0.2) is 24.6 Å². The van der Waals surface area contributed by atoms with E-state index in [0.717, 1.165) is 0 Å². The number of hydrogen-bond acceptors (Lipinski definition) is 5. The van der Waals surface area contributed by atoms with Crippen LogP contribution in [0.5, 0.6) is 0 Å². The Hall–Kier alpha value is -2.64. The molecule has 0 aliphatic heterocycles. The van der Waals surface area contributed by atoms with E-state index in [1.807, 2.05) is 0 Å². The normalized spacial score (nSPS) is 11.2. The number of halogens is 3. The van der Waals surface area contributed by atoms with Gasteiger partial charge in [0.05, 0.1) is 27.9 Å². The minimum atomic E-state index is -0.465. The molecule has 2 aromatic rings. The van der Waals surface area contributed by atoms with Gasteiger partial charge in [-0.05, 0) is 29.8 Å². The van der Waals surface area contributed by atoms with Gasteiger partial charge in [0.15, 0.2) is 0 Å². The van der Waals surface area contributed by atoms with Crippen LogP contribution in [0.4, 0.5) is 10.1 Å². The van der Waals surface area contributed by atoms with Crippen LogP contribution in [0.3, 0.4) is 0 Å². The van der Waals surface area contributed by atoms with Crippen molar-refractivity contribution in [3.8, 4) is 0 Å². The molecule has 2 aromatic carbocycles. The zero-order chi connectivity index (χ0) is 20.0. The second kappa shape index (κ2) is 9.34. The molecule has 0 spiro atoms. The van der Waals surface area contributed by atoms with Crippen molar-refractivity contribution in [3.63, 3.8) is 0 Å². The molecular formula is C18H17Cl2FN4O2. The van der Waals surface area contributed by atoms with E-state index < -0.39 is 11.7 Å². The van der Waals surface area contributed by atoms with Crippen molar-refractivity contribution in [3.05, 3.63) is 63.4 Å². The number of benzene rings is 2. The lowest BCUT2D eigenvalue weighted by molar-refractivity contribution is -0.118. The minimum absolute atomic E-state index is 0.0484. The molecule has 0 bridgehead atoms. The summed E-state index contributed by atoms with van der Waals surface area (Å²) >= 11 is 11.9. The van der Waals surface area contributed by atoms with E-state index in [9.17, 15) is 9.18 Å². The number of carbonyl (C=O) groups excluding carboxylic acids is 1. The second-order valence-electron chi connectivity index (χ2n) is 5.58. The largest absolute Gasteiger partial charge is 0.399 e. The Kier molecular flexibility index (Phi) is 7.15. The van der Waals surface area contributed by atoms with Crippen LogP contribution in [0, 0.1) is 11.2 Å². The summed E-state index contributed by atoms with van der Waals surface area (Å²) in [5.74, 6) is -0.914. The average molecular weight is 411 g/mol. The fourth-order valence-corrected chi connectivity index (χ4v) is 2.82. The van der Waals surface area contributed by atoms with Gasteiger partial charge in [-0.3, -0.25) is 10.2 Å². The van der Waals surface area contributed by atoms with E-state index in [2.05, 4.69) is 10.5 Å². The van der Waals surface area contributed by atoms with Gasteiger partial charge in [-0.2, -0.15) is 0 Å². The zero-order valence-electron chi connectivity index (χ0n) is 14.4. The maximum Gasteiger partial charge on any atom is 0.231 e. The second-order valence-corrected chi connectivity index (χ2v) is 6.40. The standard InChI is InChI=1S/C18H17Cl2FN4O2/c1-27-25-15(11-2-4-12(21)5-3-11)9-17(26)24-16(22)8-10-6-13(19)18(23)14(20)7-10/h2-7H,8-9,23H2,1H3,(H2,22,24,26)/b25-15+. The van der Waals surface area contributed by atoms with E-state index in [1.165, 1.54) is 31.4 Å². The topological polar surface area (TPSA) is 101 Å². The highest BCUT2D eigenvalue weighted by Gasteiger charge is 2.14. The van der Waals surface area contributed by atoms with Gasteiger partial charge in [0.2, 0.25) is 5.91 Å². The Labute approximate surface area is 165 Å². The summed E-state index contributed by atoms with van der Waals surface area (Å²) in [6.45, 7) is 0. The highest BCUT2D eigenvalue weighted by Crippen LogP contribution is 2.28. The maximum absolute atomic E-state index is 13.1. The summed E-state index contributed by atoms with van der Waals surface area (Å²) in [4.78, 5) is 17.0. The monoisotopic (exact) mass is 410 g/mol. The van der Waals surface area contributed by atoms with Gasteiger partial charge in [-0.25, -0.2) is 4.39 Å². The molecule has 0 radical (unpaired) electrons. The number of carbonyl (C=O) groups is 1. The number of nitrogen functional groups attached to an aromatic ring is 1. The highest BCUT2D eigenvalue weighted by atomic mass is 35.5. The first-order chi connectivity index (χ1) is 12.8. The Morgan fingerprint density at radius 1 is 1.26 bits per heavy atom. The molecule has 142 valence electrons. The molecule has 0 aliphatic carbocycles. The molecule has 0 aliphatic rings. The first-order valence-corrected chi connectivity index (χ1v) is 8.52. The molecule has 27 heavy (non-hydrogen) atoms. The molecule has 4 N–H and O–H groups in total. The third-order valence-corrected chi connectivity index (χ3v) is 4.14. The summed E-state index contributed by atoms with van der Waals surface area (Å²) in [5.41, 5.74) is 7.41. The van der Waals surface area contributed by atoms with Crippen LogP contribution in [0.25, 0.3) is 0 Å². The number of nitrogens with two attached hydrogens (primary N) is 1. The number of hydrogen-bond donors (Lipinski definition) is 3. The van der Waals surface area contributed by atoms with E-state index in [1.54, 1.807) is 12.1 Å². The predicted molar refractivity (Wildman–Crippen MR) is 105 cm³/mol. The number of nitrogens with one attached hydrogen (secondary N) is 2. The van der Waals surface area contributed by atoms with E-state index >= 15 is 0 Å². The minimum Gasteiger partial charge on any atom is -0.399 e. The van der Waals surface area contributed by atoms with Crippen LogP contribution in [-0.2, 0) is 16.1 Å². The first-order valence-electron chi connectivity index (χ1n) is 7.76. The predicted octanol–water partition coefficient (Wildman–Crippen LogP) is 3.79. The molecule has 0 heterocycles. The van der Waals surface area contributed by atoms with Crippen LogP contribution in [0.15, 0.2) is 41.6 Å². The van der Waals surface area contributed by atoms with Gasteiger partial charge < -0.3 is 15.9 Å². The maximum atomic E-state index is 13.1. The van der Waals surface area contributed by atoms with Crippen molar-refractivity contribution >= 4 is 46.3 Å². The number of nitrogens with zero attached hydrogens (tertiary/aromatic N) is 1. The molecule has 0 saturated carbocycles. The fraction of sp³-hybridized carbons (Fsp3) is 0.167. The summed E-state index contributed by atoms with van der Waals surface area (Å²) in [6.07, 6.45) is -0.0378. The quantitative estimate of drug-likeness (QED) is 0.292. The molecule has 0 unspecified atom stereocenters. The Balaban J connectivity index is 2.02. The van der Waals surface area contributed by atoms with Crippen molar-refractivity contribution in [1.29, 1.82) is 5.41 Å².